The van der Waals surface area contributed by atoms with Crippen molar-refractivity contribution in [2.75, 3.05) is 37.7 Å². The number of thiophene rings is 1. The first-order chi connectivity index (χ1) is 15.1. The predicted molar refractivity (Wildman–Crippen MR) is 120 cm³/mol. The van der Waals surface area contributed by atoms with Gasteiger partial charge in [-0.2, -0.15) is 10.2 Å². The minimum absolute atomic E-state index is 0.00681. The zero-order chi connectivity index (χ0) is 21.6. The molecule has 0 aliphatic carbocycles. The summed E-state index contributed by atoms with van der Waals surface area (Å²) >= 11 is 1.61. The van der Waals surface area contributed by atoms with Gasteiger partial charge in [0.15, 0.2) is 6.61 Å². The number of aryl methyl sites for hydroxylation is 1. The van der Waals surface area contributed by atoms with E-state index in [9.17, 15) is 10.1 Å². The maximum absolute atomic E-state index is 12.5. The zero-order valence-electron chi connectivity index (χ0n) is 17.2. The summed E-state index contributed by atoms with van der Waals surface area (Å²) in [6, 6.07) is 13.7. The molecule has 0 N–H and O–H groups in total. The molecule has 31 heavy (non-hydrogen) atoms. The third-order valence-electron chi connectivity index (χ3n) is 4.94. The van der Waals surface area contributed by atoms with Gasteiger partial charge < -0.3 is 19.0 Å². The molecule has 0 radical (unpaired) electrons. The number of aromatic nitrogens is 1. The summed E-state index contributed by atoms with van der Waals surface area (Å²) in [5, 5.41) is 11.4. The van der Waals surface area contributed by atoms with Crippen LogP contribution in [0.1, 0.15) is 22.0 Å². The molecule has 158 valence electrons. The van der Waals surface area contributed by atoms with E-state index in [1.807, 2.05) is 59.7 Å². The van der Waals surface area contributed by atoms with Crippen molar-refractivity contribution in [2.45, 2.75) is 6.92 Å². The molecule has 3 aromatic rings. The molecule has 3 heterocycles. The highest BCUT2D eigenvalue weighted by molar-refractivity contribution is 7.10. The van der Waals surface area contributed by atoms with Gasteiger partial charge in [0, 0.05) is 37.1 Å². The standard InChI is InChI=1S/C23H22N4O3S/c1-17-4-2-5-18(14-17)29-16-22(28)26-9-11-27(12-10-26)23-20(15-24)25-21(30-23)8-7-19-6-3-13-31-19/h2-8,13-14H,9-12,16H2,1H3. The van der Waals surface area contributed by atoms with E-state index < -0.39 is 0 Å². The Labute approximate surface area is 184 Å². The van der Waals surface area contributed by atoms with Crippen LogP contribution in [0.3, 0.4) is 0 Å². The third kappa shape index (κ3) is 5.13. The fourth-order valence-electron chi connectivity index (χ4n) is 3.33. The van der Waals surface area contributed by atoms with Gasteiger partial charge in [0.2, 0.25) is 17.5 Å². The molecule has 1 saturated heterocycles. The number of amides is 1. The summed E-state index contributed by atoms with van der Waals surface area (Å²) in [7, 11) is 0. The Morgan fingerprint density at radius 2 is 2.10 bits per heavy atom. The summed E-state index contributed by atoms with van der Waals surface area (Å²) in [4.78, 5) is 21.6. The Hall–Kier alpha value is -3.57. The summed E-state index contributed by atoms with van der Waals surface area (Å²) in [5.74, 6) is 1.48. The molecule has 4 rings (SSSR count). The predicted octanol–water partition coefficient (Wildman–Crippen LogP) is 3.81. The summed E-state index contributed by atoms with van der Waals surface area (Å²) in [5.41, 5.74) is 1.34. The highest BCUT2D eigenvalue weighted by Gasteiger charge is 2.26. The number of piperazine rings is 1. The molecule has 0 unspecified atom stereocenters. The molecule has 0 saturated carbocycles. The van der Waals surface area contributed by atoms with E-state index in [0.29, 0.717) is 43.7 Å². The molecule has 2 aromatic heterocycles. The normalized spacial score (nSPS) is 14.1. The van der Waals surface area contributed by atoms with Gasteiger partial charge in [0.05, 0.1) is 0 Å². The van der Waals surface area contributed by atoms with E-state index in [4.69, 9.17) is 9.15 Å². The fourth-order valence-corrected chi connectivity index (χ4v) is 3.94. The maximum atomic E-state index is 12.5. The SMILES string of the molecule is Cc1cccc(OCC(=O)N2CCN(c3oc(C=Cc4cccs4)nc3C#N)CC2)c1. The van der Waals surface area contributed by atoms with E-state index in [2.05, 4.69) is 11.1 Å². The van der Waals surface area contributed by atoms with Crippen LogP contribution >= 0.6 is 11.3 Å². The van der Waals surface area contributed by atoms with Gasteiger partial charge in [0.1, 0.15) is 11.8 Å². The van der Waals surface area contributed by atoms with Crippen molar-refractivity contribution >= 4 is 35.3 Å². The molecule has 0 atom stereocenters. The molecular formula is C23H22N4O3S. The van der Waals surface area contributed by atoms with Crippen molar-refractivity contribution < 1.29 is 13.9 Å². The lowest BCUT2D eigenvalue weighted by molar-refractivity contribution is -0.133. The Balaban J connectivity index is 1.34. The molecule has 1 aliphatic rings. The lowest BCUT2D eigenvalue weighted by Gasteiger charge is -2.34. The summed E-state index contributed by atoms with van der Waals surface area (Å²) < 4.78 is 11.5. The minimum atomic E-state index is -0.0567. The number of oxazole rings is 1. The molecular weight excluding hydrogens is 412 g/mol. The van der Waals surface area contributed by atoms with Crippen LogP contribution in [0.5, 0.6) is 5.75 Å². The topological polar surface area (TPSA) is 82.6 Å². The van der Waals surface area contributed by atoms with Gasteiger partial charge in [-0.1, -0.05) is 18.2 Å². The minimum Gasteiger partial charge on any atom is -0.484 e. The first kappa shape index (κ1) is 20.7. The van der Waals surface area contributed by atoms with Crippen LogP contribution in [0.25, 0.3) is 12.2 Å². The highest BCUT2D eigenvalue weighted by Crippen LogP contribution is 2.24. The van der Waals surface area contributed by atoms with E-state index in [1.165, 1.54) is 0 Å². The van der Waals surface area contributed by atoms with E-state index in [1.54, 1.807) is 22.3 Å². The van der Waals surface area contributed by atoms with Crippen molar-refractivity contribution in [1.82, 2.24) is 9.88 Å². The van der Waals surface area contributed by atoms with E-state index in [0.717, 1.165) is 10.4 Å². The molecule has 1 aliphatic heterocycles. The van der Waals surface area contributed by atoms with Gasteiger partial charge in [-0.25, -0.2) is 0 Å². The number of carbonyl (C=O) groups excluding carboxylic acids is 1. The molecule has 0 bridgehead atoms. The number of hydrogen-bond acceptors (Lipinski definition) is 7. The van der Waals surface area contributed by atoms with Crippen LogP contribution < -0.4 is 9.64 Å². The second-order valence-corrected chi connectivity index (χ2v) is 8.12. The van der Waals surface area contributed by atoms with Crippen LogP contribution in [-0.2, 0) is 4.79 Å². The van der Waals surface area contributed by atoms with Gasteiger partial charge in [-0.15, -0.1) is 11.3 Å². The number of rotatable bonds is 6. The number of hydrogen-bond donors (Lipinski definition) is 0. The largest absolute Gasteiger partial charge is 0.484 e. The van der Waals surface area contributed by atoms with Crippen LogP contribution in [0.2, 0.25) is 0 Å². The molecule has 1 amide bonds. The Bertz CT molecular complexity index is 1110. The smallest absolute Gasteiger partial charge is 0.260 e. The molecule has 8 heteroatoms. The number of benzene rings is 1. The van der Waals surface area contributed by atoms with Crippen molar-refractivity contribution in [2.24, 2.45) is 0 Å². The number of ether oxygens (including phenoxy) is 1. The van der Waals surface area contributed by atoms with Crippen molar-refractivity contribution in [3.8, 4) is 11.8 Å². The second kappa shape index (κ2) is 9.49. The first-order valence-corrected chi connectivity index (χ1v) is 10.8. The van der Waals surface area contributed by atoms with Crippen molar-refractivity contribution in [1.29, 1.82) is 5.26 Å². The summed E-state index contributed by atoms with van der Waals surface area (Å²) in [6.07, 6.45) is 3.67. The Morgan fingerprint density at radius 1 is 1.26 bits per heavy atom. The molecule has 1 fully saturated rings. The summed E-state index contributed by atoms with van der Waals surface area (Å²) in [6.45, 7) is 4.18. The van der Waals surface area contributed by atoms with Crippen LogP contribution in [0.15, 0.2) is 46.2 Å². The Morgan fingerprint density at radius 3 is 2.81 bits per heavy atom. The first-order valence-electron chi connectivity index (χ1n) is 9.97. The van der Waals surface area contributed by atoms with Crippen molar-refractivity contribution in [3.63, 3.8) is 0 Å². The van der Waals surface area contributed by atoms with Crippen LogP contribution in [0.4, 0.5) is 5.88 Å². The van der Waals surface area contributed by atoms with Gasteiger partial charge >= 0.3 is 0 Å². The number of carbonyl (C=O) groups is 1. The van der Waals surface area contributed by atoms with Crippen LogP contribution in [-0.4, -0.2) is 48.6 Å². The Kier molecular flexibility index (Phi) is 6.34. The quantitative estimate of drug-likeness (QED) is 0.587. The van der Waals surface area contributed by atoms with E-state index >= 15 is 0 Å². The van der Waals surface area contributed by atoms with Crippen molar-refractivity contribution in [3.05, 3.63) is 63.8 Å². The monoisotopic (exact) mass is 434 g/mol. The fraction of sp³-hybridized carbons (Fsp3) is 0.261. The number of nitriles is 1. The third-order valence-corrected chi connectivity index (χ3v) is 5.77. The van der Waals surface area contributed by atoms with E-state index in [-0.39, 0.29) is 18.2 Å². The molecule has 7 nitrogen and oxygen atoms in total. The number of anilines is 1. The van der Waals surface area contributed by atoms with Gasteiger partial charge in [0.25, 0.3) is 5.91 Å². The second-order valence-electron chi connectivity index (χ2n) is 7.14. The maximum Gasteiger partial charge on any atom is 0.260 e. The molecule has 0 spiro atoms. The van der Waals surface area contributed by atoms with Gasteiger partial charge in [-0.05, 0) is 42.1 Å². The average molecular weight is 435 g/mol. The lowest BCUT2D eigenvalue weighted by atomic mass is 10.2. The molecule has 1 aromatic carbocycles. The average Bonchev–Trinajstić information content (AvgIpc) is 3.46. The highest BCUT2D eigenvalue weighted by atomic mass is 32.1. The van der Waals surface area contributed by atoms with Gasteiger partial charge in [-0.3, -0.25) is 4.79 Å². The number of nitrogens with zero attached hydrogens (tertiary/aromatic N) is 4. The van der Waals surface area contributed by atoms with Crippen LogP contribution in [0, 0.1) is 18.3 Å². The zero-order valence-corrected chi connectivity index (χ0v) is 18.0. The lowest BCUT2D eigenvalue weighted by Crippen LogP contribution is -2.50.